The van der Waals surface area contributed by atoms with Crippen molar-refractivity contribution in [1.82, 2.24) is 4.90 Å². The molecule has 5 heteroatoms. The van der Waals surface area contributed by atoms with Crippen molar-refractivity contribution < 1.29 is 19.5 Å². The van der Waals surface area contributed by atoms with Crippen LogP contribution in [-0.4, -0.2) is 33.8 Å². The molecule has 0 aromatic heterocycles. The monoisotopic (exact) mass is 311 g/mol. The van der Waals surface area contributed by atoms with Crippen LogP contribution in [0.25, 0.3) is 10.8 Å². The highest BCUT2D eigenvalue weighted by Crippen LogP contribution is 2.31. The first-order chi connectivity index (χ1) is 10.9. The van der Waals surface area contributed by atoms with Crippen molar-refractivity contribution in [2.24, 2.45) is 5.92 Å². The maximum atomic E-state index is 12.8. The summed E-state index contributed by atoms with van der Waals surface area (Å²) in [5, 5.41) is 10.9. The smallest absolute Gasteiger partial charge is 0.326 e. The highest BCUT2D eigenvalue weighted by Gasteiger charge is 2.40. The van der Waals surface area contributed by atoms with Gasteiger partial charge in [0.25, 0.3) is 11.8 Å². The van der Waals surface area contributed by atoms with Crippen LogP contribution in [0.4, 0.5) is 0 Å². The Balaban J connectivity index is 2.18. The number of hydrogen-bond acceptors (Lipinski definition) is 3. The first-order valence-corrected chi connectivity index (χ1v) is 7.54. The minimum Gasteiger partial charge on any atom is -0.480 e. The van der Waals surface area contributed by atoms with E-state index in [1.54, 1.807) is 24.3 Å². The molecule has 0 spiro atoms. The van der Waals surface area contributed by atoms with E-state index in [0.29, 0.717) is 16.5 Å². The maximum absolute atomic E-state index is 12.8. The molecule has 0 bridgehead atoms. The van der Waals surface area contributed by atoms with Crippen molar-refractivity contribution in [2.45, 2.75) is 26.3 Å². The molecule has 1 aliphatic heterocycles. The summed E-state index contributed by atoms with van der Waals surface area (Å²) in [7, 11) is 0. The molecule has 1 N–H and O–H groups in total. The summed E-state index contributed by atoms with van der Waals surface area (Å²) in [6, 6.07) is 9.28. The Labute approximate surface area is 133 Å². The van der Waals surface area contributed by atoms with Gasteiger partial charge in [-0.15, -0.1) is 0 Å². The van der Waals surface area contributed by atoms with Crippen LogP contribution in [-0.2, 0) is 4.79 Å². The molecule has 1 heterocycles. The first kappa shape index (κ1) is 15.2. The van der Waals surface area contributed by atoms with Crippen molar-refractivity contribution in [1.29, 1.82) is 0 Å². The highest BCUT2D eigenvalue weighted by atomic mass is 16.4. The molecule has 3 rings (SSSR count). The summed E-state index contributed by atoms with van der Waals surface area (Å²) in [5.74, 6) is -2.18. The molecule has 2 aromatic carbocycles. The molecule has 2 amide bonds. The normalized spacial score (nSPS) is 15.3. The van der Waals surface area contributed by atoms with Gasteiger partial charge < -0.3 is 5.11 Å². The van der Waals surface area contributed by atoms with Gasteiger partial charge >= 0.3 is 5.97 Å². The molecule has 0 saturated heterocycles. The van der Waals surface area contributed by atoms with Gasteiger partial charge in [-0.3, -0.25) is 14.5 Å². The van der Waals surface area contributed by atoms with Crippen LogP contribution in [0.5, 0.6) is 0 Å². The molecule has 2 aromatic rings. The van der Waals surface area contributed by atoms with Gasteiger partial charge in [0.15, 0.2) is 0 Å². The number of carbonyl (C=O) groups is 3. The quantitative estimate of drug-likeness (QED) is 0.881. The summed E-state index contributed by atoms with van der Waals surface area (Å²) in [5.41, 5.74) is 0.764. The van der Waals surface area contributed by atoms with Crippen LogP contribution in [0, 0.1) is 5.92 Å². The number of hydrogen-bond donors (Lipinski definition) is 1. The predicted molar refractivity (Wildman–Crippen MR) is 85.3 cm³/mol. The second kappa shape index (κ2) is 5.50. The molecule has 0 aliphatic carbocycles. The molecule has 0 unspecified atom stereocenters. The number of rotatable bonds is 4. The molecule has 0 radical (unpaired) electrons. The van der Waals surface area contributed by atoms with Crippen LogP contribution in [0.2, 0.25) is 0 Å². The van der Waals surface area contributed by atoms with E-state index < -0.39 is 23.8 Å². The third kappa shape index (κ3) is 2.38. The number of amides is 2. The average molecular weight is 311 g/mol. The second-order valence-corrected chi connectivity index (χ2v) is 6.17. The Bertz CT molecular complexity index is 774. The van der Waals surface area contributed by atoms with E-state index >= 15 is 0 Å². The number of carboxylic acids is 1. The topological polar surface area (TPSA) is 74.7 Å². The number of carbonyl (C=O) groups excluding carboxylic acids is 2. The van der Waals surface area contributed by atoms with E-state index in [1.165, 1.54) is 0 Å². The number of aliphatic carboxylic acids is 1. The maximum Gasteiger partial charge on any atom is 0.326 e. The van der Waals surface area contributed by atoms with Gasteiger partial charge in [0.1, 0.15) is 6.04 Å². The Morgan fingerprint density at radius 2 is 1.57 bits per heavy atom. The van der Waals surface area contributed by atoms with Gasteiger partial charge in [0.2, 0.25) is 0 Å². The zero-order valence-electron chi connectivity index (χ0n) is 12.9. The Morgan fingerprint density at radius 3 is 2.00 bits per heavy atom. The number of carboxylic acid groups (broad SMARTS) is 1. The highest BCUT2D eigenvalue weighted by molar-refractivity contribution is 6.26. The van der Waals surface area contributed by atoms with Crippen LogP contribution in [0.1, 0.15) is 41.0 Å². The molecule has 1 atom stereocenters. The Morgan fingerprint density at radius 1 is 1.04 bits per heavy atom. The van der Waals surface area contributed by atoms with E-state index in [0.717, 1.165) is 10.3 Å². The lowest BCUT2D eigenvalue weighted by Gasteiger charge is -2.32. The van der Waals surface area contributed by atoms with Crippen LogP contribution < -0.4 is 0 Å². The molecular weight excluding hydrogens is 294 g/mol. The number of imide groups is 1. The SMILES string of the molecule is CC(C)C[C@@H](C(=O)O)N1C(=O)c2cccc3cccc(c23)C1=O. The second-order valence-electron chi connectivity index (χ2n) is 6.17. The largest absolute Gasteiger partial charge is 0.480 e. The number of benzene rings is 2. The van der Waals surface area contributed by atoms with Gasteiger partial charge in [0, 0.05) is 16.5 Å². The molecule has 5 nitrogen and oxygen atoms in total. The summed E-state index contributed by atoms with van der Waals surface area (Å²) in [6.07, 6.45) is 0.227. The zero-order valence-corrected chi connectivity index (χ0v) is 12.9. The van der Waals surface area contributed by atoms with E-state index in [-0.39, 0.29) is 12.3 Å². The van der Waals surface area contributed by atoms with E-state index in [1.807, 2.05) is 26.0 Å². The van der Waals surface area contributed by atoms with Crippen molar-refractivity contribution in [3.8, 4) is 0 Å². The standard InChI is InChI=1S/C18H17NO4/c1-10(2)9-14(18(22)23)19-16(20)12-7-3-5-11-6-4-8-13(15(11)12)17(19)21/h3-8,10,14H,9H2,1-2H3,(H,22,23)/t14-/m0/s1. The predicted octanol–water partition coefficient (Wildman–Crippen LogP) is 2.94. The van der Waals surface area contributed by atoms with E-state index in [4.69, 9.17) is 0 Å². The Kier molecular flexibility index (Phi) is 3.64. The fourth-order valence-electron chi connectivity index (χ4n) is 3.10. The fourth-order valence-corrected chi connectivity index (χ4v) is 3.10. The summed E-state index contributed by atoms with van der Waals surface area (Å²) >= 11 is 0. The van der Waals surface area contributed by atoms with Gasteiger partial charge in [-0.05, 0) is 29.9 Å². The average Bonchev–Trinajstić information content (AvgIpc) is 2.51. The van der Waals surface area contributed by atoms with Crippen LogP contribution >= 0.6 is 0 Å². The lowest BCUT2D eigenvalue weighted by atomic mass is 9.91. The van der Waals surface area contributed by atoms with Crippen LogP contribution in [0.3, 0.4) is 0 Å². The lowest BCUT2D eigenvalue weighted by Crippen LogP contribution is -2.51. The molecule has 0 fully saturated rings. The van der Waals surface area contributed by atoms with Crippen molar-refractivity contribution >= 4 is 28.6 Å². The Hall–Kier alpha value is -2.69. The summed E-state index contributed by atoms with van der Waals surface area (Å²) in [6.45, 7) is 3.73. The fraction of sp³-hybridized carbons (Fsp3) is 0.278. The lowest BCUT2D eigenvalue weighted by molar-refractivity contribution is -0.142. The third-order valence-electron chi connectivity index (χ3n) is 4.09. The first-order valence-electron chi connectivity index (χ1n) is 7.54. The van der Waals surface area contributed by atoms with Crippen molar-refractivity contribution in [3.05, 3.63) is 47.5 Å². The zero-order chi connectivity index (χ0) is 16.7. The van der Waals surface area contributed by atoms with Gasteiger partial charge in [-0.2, -0.15) is 0 Å². The molecule has 118 valence electrons. The molecule has 0 saturated carbocycles. The summed E-state index contributed by atoms with van der Waals surface area (Å²) < 4.78 is 0. The minimum absolute atomic E-state index is 0.0460. The van der Waals surface area contributed by atoms with E-state index in [9.17, 15) is 19.5 Å². The third-order valence-corrected chi connectivity index (χ3v) is 4.09. The van der Waals surface area contributed by atoms with Gasteiger partial charge in [-0.1, -0.05) is 38.1 Å². The molecule has 1 aliphatic rings. The summed E-state index contributed by atoms with van der Waals surface area (Å²) in [4.78, 5) is 38.1. The van der Waals surface area contributed by atoms with Crippen molar-refractivity contribution in [3.63, 3.8) is 0 Å². The number of nitrogens with zero attached hydrogens (tertiary/aromatic N) is 1. The molecule has 23 heavy (non-hydrogen) atoms. The van der Waals surface area contributed by atoms with Gasteiger partial charge in [0.05, 0.1) is 0 Å². The minimum atomic E-state index is -1.16. The molecular formula is C18H17NO4. The van der Waals surface area contributed by atoms with Gasteiger partial charge in [-0.25, -0.2) is 4.79 Å². The van der Waals surface area contributed by atoms with E-state index in [2.05, 4.69) is 0 Å². The van der Waals surface area contributed by atoms with Crippen molar-refractivity contribution in [2.75, 3.05) is 0 Å². The van der Waals surface area contributed by atoms with Crippen LogP contribution in [0.15, 0.2) is 36.4 Å².